The van der Waals surface area contributed by atoms with Gasteiger partial charge in [0, 0.05) is 82.0 Å². The lowest BCUT2D eigenvalue weighted by atomic mass is 9.70. The summed E-state index contributed by atoms with van der Waals surface area (Å²) in [6.45, 7) is 9.15. The van der Waals surface area contributed by atoms with Crippen LogP contribution in [0.4, 0.5) is 34.1 Å². The van der Waals surface area contributed by atoms with Gasteiger partial charge >= 0.3 is 0 Å². The quantitative estimate of drug-likeness (QED) is 0.128. The zero-order valence-electron chi connectivity index (χ0n) is 54.4. The average molecular weight is 1280 g/mol. The maximum Gasteiger partial charge on any atom is 0.0661 e. The highest BCUT2D eigenvalue weighted by Crippen LogP contribution is 2.57. The standard InChI is InChI=1S/C92H67N3S2/c1-56(2)58-33-41-68(42-34-58)93(70-45-37-62(38-46-70)66-31-29-60-17-5-7-19-64(60)51-66)83-54-81-89(87-78-25-13-15-27-85(78)96-91(83)87)90-82(95(81)72-49-50-77-75-23-10-9-21-73(75)74-22-11-12-24-76(74)80(77)53-72)55-84(92-88(90)79-26-14-16-28-86(79)97-92)94(69-43-35-59(36-44-69)57(3)4)71-47-39-63(40-48-71)67-32-30-61-18-6-8-20-65(61)52-67/h5-57,74,76H,1-4H3. The molecule has 0 saturated heterocycles. The third-order valence-corrected chi connectivity index (χ3v) is 23.3. The summed E-state index contributed by atoms with van der Waals surface area (Å²) < 4.78 is 7.68. The van der Waals surface area contributed by atoms with Crippen LogP contribution in [0.15, 0.2) is 309 Å². The Kier molecular flexibility index (Phi) is 13.5. The van der Waals surface area contributed by atoms with Gasteiger partial charge in [-0.05, 0) is 186 Å². The van der Waals surface area contributed by atoms with Gasteiger partial charge in [0.15, 0.2) is 0 Å². The van der Waals surface area contributed by atoms with Gasteiger partial charge in [0.2, 0.25) is 0 Å². The highest BCUT2D eigenvalue weighted by atomic mass is 32.1. The van der Waals surface area contributed by atoms with Crippen molar-refractivity contribution in [2.24, 2.45) is 0 Å². The summed E-state index contributed by atoms with van der Waals surface area (Å²) in [7, 11) is 0. The third kappa shape index (κ3) is 9.35. The summed E-state index contributed by atoms with van der Waals surface area (Å²) in [4.78, 5) is 5.10. The number of rotatable bonds is 11. The molecule has 2 aliphatic carbocycles. The van der Waals surface area contributed by atoms with E-state index in [1.54, 1.807) is 0 Å². The highest BCUT2D eigenvalue weighted by Gasteiger charge is 2.34. The molecule has 0 bridgehead atoms. The molecule has 0 amide bonds. The highest BCUT2D eigenvalue weighted by molar-refractivity contribution is 7.27. The molecule has 0 aliphatic heterocycles. The fraction of sp³-hybridized carbons (Fsp3) is 0.0870. The van der Waals surface area contributed by atoms with Crippen molar-refractivity contribution in [2.45, 2.75) is 51.4 Å². The Morgan fingerprint density at radius 1 is 0.330 bits per heavy atom. The van der Waals surface area contributed by atoms with Gasteiger partial charge in [0.1, 0.15) is 0 Å². The van der Waals surface area contributed by atoms with Gasteiger partial charge in [-0.1, -0.05) is 240 Å². The molecular weight excluding hydrogens is 1210 g/mol. The predicted octanol–water partition coefficient (Wildman–Crippen LogP) is 27.3. The van der Waals surface area contributed by atoms with E-state index in [1.807, 2.05) is 22.7 Å². The van der Waals surface area contributed by atoms with Gasteiger partial charge in [-0.25, -0.2) is 0 Å². The first-order valence-corrected chi connectivity index (χ1v) is 35.7. The van der Waals surface area contributed by atoms with E-state index in [0.717, 1.165) is 50.8 Å². The minimum absolute atomic E-state index is 0.165. The zero-order chi connectivity index (χ0) is 64.6. The molecule has 2 aliphatic rings. The number of thiophene rings is 2. The Hall–Kier alpha value is -11.1. The third-order valence-electron chi connectivity index (χ3n) is 20.9. The maximum absolute atomic E-state index is 2.67. The number of aromatic nitrogens is 1. The van der Waals surface area contributed by atoms with Gasteiger partial charge in [0.05, 0.1) is 31.8 Å². The number of anilines is 6. The van der Waals surface area contributed by atoms with Gasteiger partial charge < -0.3 is 14.4 Å². The van der Waals surface area contributed by atoms with Crippen LogP contribution in [0.2, 0.25) is 0 Å². The number of benzene rings is 14. The first-order chi connectivity index (χ1) is 47.7. The molecule has 17 aromatic rings. The topological polar surface area (TPSA) is 11.4 Å². The number of fused-ring (bicyclic) bond motifs is 19. The van der Waals surface area contributed by atoms with Gasteiger partial charge in [-0.15, -0.1) is 22.7 Å². The van der Waals surface area contributed by atoms with Crippen molar-refractivity contribution in [3.05, 3.63) is 332 Å². The Morgan fingerprint density at radius 2 is 0.732 bits per heavy atom. The molecule has 462 valence electrons. The van der Waals surface area contributed by atoms with Gasteiger partial charge in [-0.3, -0.25) is 0 Å². The second-order valence-electron chi connectivity index (χ2n) is 27.1. The van der Waals surface area contributed by atoms with Crippen molar-refractivity contribution in [2.75, 3.05) is 9.80 Å². The molecule has 0 N–H and O–H groups in total. The number of allylic oxidation sites excluding steroid dienone is 4. The molecule has 3 nitrogen and oxygen atoms in total. The predicted molar refractivity (Wildman–Crippen MR) is 419 cm³/mol. The van der Waals surface area contributed by atoms with E-state index in [4.69, 9.17) is 0 Å². The number of hydrogen-bond donors (Lipinski definition) is 0. The van der Waals surface area contributed by atoms with Crippen LogP contribution in [-0.4, -0.2) is 4.57 Å². The normalized spacial score (nSPS) is 14.3. The Labute approximate surface area is 573 Å². The van der Waals surface area contributed by atoms with Gasteiger partial charge in [-0.2, -0.15) is 0 Å². The largest absolute Gasteiger partial charge is 0.309 e. The molecule has 0 spiro atoms. The van der Waals surface area contributed by atoms with Crippen LogP contribution >= 0.6 is 22.7 Å². The fourth-order valence-electron chi connectivity index (χ4n) is 16.0. The van der Waals surface area contributed by atoms with E-state index >= 15 is 0 Å². The van der Waals surface area contributed by atoms with E-state index in [1.165, 1.54) is 128 Å². The second kappa shape index (κ2) is 22.8. The van der Waals surface area contributed by atoms with E-state index in [-0.39, 0.29) is 11.8 Å². The molecule has 2 atom stereocenters. The molecule has 3 heterocycles. The van der Waals surface area contributed by atoms with Crippen LogP contribution in [0.3, 0.4) is 0 Å². The van der Waals surface area contributed by atoms with E-state index in [0.29, 0.717) is 11.8 Å². The lowest BCUT2D eigenvalue weighted by Gasteiger charge is -2.34. The first-order valence-electron chi connectivity index (χ1n) is 34.1. The lowest BCUT2D eigenvalue weighted by molar-refractivity contribution is 0.719. The van der Waals surface area contributed by atoms with Crippen molar-refractivity contribution < 1.29 is 0 Å². The minimum atomic E-state index is 0.165. The molecule has 19 rings (SSSR count). The molecule has 14 aromatic carbocycles. The molecule has 0 saturated carbocycles. The smallest absolute Gasteiger partial charge is 0.0661 e. The van der Waals surface area contributed by atoms with Crippen LogP contribution in [0, 0.1) is 0 Å². The summed E-state index contributed by atoms with van der Waals surface area (Å²) in [5.74, 6) is 1.15. The van der Waals surface area contributed by atoms with Crippen LogP contribution in [0.1, 0.15) is 73.6 Å². The van der Waals surface area contributed by atoms with Gasteiger partial charge in [0.25, 0.3) is 0 Å². The number of hydrogen-bond acceptors (Lipinski definition) is 4. The number of nitrogens with zero attached hydrogens (tertiary/aromatic N) is 3. The van der Waals surface area contributed by atoms with Crippen molar-refractivity contribution in [3.8, 4) is 39.1 Å². The summed E-state index contributed by atoms with van der Waals surface area (Å²) in [6.07, 6.45) is 9.36. The average Bonchev–Trinajstić information content (AvgIpc) is 1.55. The Bertz CT molecular complexity index is 5770. The summed E-state index contributed by atoms with van der Waals surface area (Å²) in [5.41, 5.74) is 22.9. The molecule has 2 unspecified atom stereocenters. The molecular formula is C92H67N3S2. The zero-order valence-corrected chi connectivity index (χ0v) is 56.0. The lowest BCUT2D eigenvalue weighted by Crippen LogP contribution is -2.17. The Morgan fingerprint density at radius 3 is 1.22 bits per heavy atom. The SMILES string of the molecule is CC(C)c1ccc(N(c2ccc(-c3ccc4ccccc4c3)cc2)c2cc3c(c4c2sc2ccccc24)c2c4c(sc5ccccc54)c(N(c4ccc(-c5ccc6ccccc6c5)cc4)c4ccc(C(C)C)cc4)cc2n3-c2ccc3c(c2)C2C=CC=CC2c2ccccc2-3)cc1. The molecule has 0 radical (unpaired) electrons. The second-order valence-corrected chi connectivity index (χ2v) is 29.2. The monoisotopic (exact) mass is 1280 g/mol. The van der Waals surface area contributed by atoms with E-state index < -0.39 is 0 Å². The van der Waals surface area contributed by atoms with Crippen molar-refractivity contribution in [1.29, 1.82) is 0 Å². The molecule has 97 heavy (non-hydrogen) atoms. The maximum atomic E-state index is 2.67. The first kappa shape index (κ1) is 57.4. The van der Waals surface area contributed by atoms with Crippen LogP contribution in [0.5, 0.6) is 0 Å². The molecule has 3 aromatic heterocycles. The van der Waals surface area contributed by atoms with E-state index in [9.17, 15) is 0 Å². The molecule has 0 fully saturated rings. The van der Waals surface area contributed by atoms with Crippen LogP contribution in [0.25, 0.3) is 123 Å². The Balaban J connectivity index is 0.931. The fourth-order valence-corrected chi connectivity index (χ4v) is 18.4. The van der Waals surface area contributed by atoms with Crippen molar-refractivity contribution >= 4 is 140 Å². The van der Waals surface area contributed by atoms with E-state index in [2.05, 4.69) is 351 Å². The van der Waals surface area contributed by atoms with Crippen molar-refractivity contribution in [1.82, 2.24) is 4.57 Å². The summed E-state index contributed by atoms with van der Waals surface area (Å²) in [6, 6.07) is 108. The van der Waals surface area contributed by atoms with Crippen LogP contribution < -0.4 is 9.80 Å². The molecule has 5 heteroatoms. The summed E-state index contributed by atoms with van der Waals surface area (Å²) >= 11 is 3.83. The van der Waals surface area contributed by atoms with Crippen LogP contribution in [-0.2, 0) is 0 Å². The summed E-state index contributed by atoms with van der Waals surface area (Å²) in [5, 5.41) is 12.6. The van der Waals surface area contributed by atoms with Crippen molar-refractivity contribution in [3.63, 3.8) is 0 Å². The minimum Gasteiger partial charge on any atom is -0.309 e.